The van der Waals surface area contributed by atoms with Crippen molar-refractivity contribution in [3.63, 3.8) is 0 Å². The number of carbonyl (C=O) groups excluding carboxylic acids is 1. The maximum absolute atomic E-state index is 14.4. The van der Waals surface area contributed by atoms with Gasteiger partial charge in [0.05, 0.1) is 30.9 Å². The Hall–Kier alpha value is -2.42. The van der Waals surface area contributed by atoms with Crippen molar-refractivity contribution in [1.82, 2.24) is 9.36 Å². The fourth-order valence-corrected chi connectivity index (χ4v) is 3.54. The van der Waals surface area contributed by atoms with Crippen LogP contribution in [-0.4, -0.2) is 28.5 Å². The van der Waals surface area contributed by atoms with Crippen molar-refractivity contribution >= 4 is 5.91 Å². The Labute approximate surface area is 172 Å². The van der Waals surface area contributed by atoms with E-state index in [-0.39, 0.29) is 16.3 Å². The number of benzene rings is 1. The van der Waals surface area contributed by atoms with Crippen LogP contribution in [0, 0.1) is 11.2 Å². The molecule has 0 unspecified atom stereocenters. The molecule has 0 bridgehead atoms. The van der Waals surface area contributed by atoms with Crippen molar-refractivity contribution in [1.29, 1.82) is 0 Å². The standard InChI is InChI=1S/C21H25F4N3O2/c1-19(2,3)15-9-16(28(27(15)5)10-20(4)11-30-12-20)26-18(29)13-7-6-8-14(17(13)22)21(23,24)25/h6-9H,10-12H2,1-5H3. The zero-order valence-corrected chi connectivity index (χ0v) is 17.6. The molecule has 2 heterocycles. The van der Waals surface area contributed by atoms with E-state index < -0.39 is 29.0 Å². The van der Waals surface area contributed by atoms with Gasteiger partial charge in [-0.2, -0.15) is 18.2 Å². The second-order valence-corrected chi connectivity index (χ2v) is 9.10. The van der Waals surface area contributed by atoms with Crippen LogP contribution in [0.25, 0.3) is 0 Å². The van der Waals surface area contributed by atoms with Crippen LogP contribution >= 0.6 is 0 Å². The molecule has 0 saturated carbocycles. The lowest BCUT2D eigenvalue weighted by atomic mass is 9.89. The minimum absolute atomic E-state index is 0.152. The van der Waals surface area contributed by atoms with Gasteiger partial charge >= 0.3 is 6.18 Å². The lowest BCUT2D eigenvalue weighted by Gasteiger charge is -2.38. The maximum atomic E-state index is 14.4. The summed E-state index contributed by atoms with van der Waals surface area (Å²) >= 11 is 0. The average molecular weight is 427 g/mol. The van der Waals surface area contributed by atoms with E-state index in [0.717, 1.165) is 17.8 Å². The first-order chi connectivity index (χ1) is 13.7. The Morgan fingerprint density at radius 1 is 1.23 bits per heavy atom. The van der Waals surface area contributed by atoms with Gasteiger partial charge in [0.2, 0.25) is 0 Å². The first-order valence-electron chi connectivity index (χ1n) is 9.53. The number of hydrogen-bond acceptors (Lipinski definition) is 2. The van der Waals surface area contributed by atoms with E-state index in [4.69, 9.17) is 4.74 Å². The zero-order chi connectivity index (χ0) is 22.5. The van der Waals surface area contributed by atoms with E-state index in [9.17, 15) is 22.4 Å². The van der Waals surface area contributed by atoms with E-state index in [1.165, 1.54) is 0 Å². The third-order valence-corrected chi connectivity index (χ3v) is 5.19. The molecule has 0 atom stereocenters. The Balaban J connectivity index is 2.12. The van der Waals surface area contributed by atoms with Crippen LogP contribution in [0.2, 0.25) is 0 Å². The molecule has 1 aromatic carbocycles. The average Bonchev–Trinajstić information content (AvgIpc) is 2.88. The van der Waals surface area contributed by atoms with Crippen LogP contribution in [0.3, 0.4) is 0 Å². The molecular weight excluding hydrogens is 402 g/mol. The smallest absolute Gasteiger partial charge is 0.380 e. The van der Waals surface area contributed by atoms with Crippen LogP contribution in [0.1, 0.15) is 49.3 Å². The monoisotopic (exact) mass is 427 g/mol. The molecular formula is C21H25F4N3O2. The molecule has 164 valence electrons. The molecule has 1 amide bonds. The normalized spacial score (nSPS) is 17.2. The van der Waals surface area contributed by atoms with Crippen molar-refractivity contribution in [2.24, 2.45) is 17.5 Å². The largest absolute Gasteiger partial charge is 0.419 e. The minimum Gasteiger partial charge on any atom is -0.380 e. The number of alkyl halides is 3. The van der Waals surface area contributed by atoms with E-state index in [1.54, 1.807) is 10.7 Å². The van der Waals surface area contributed by atoms with Gasteiger partial charge in [-0.1, -0.05) is 33.8 Å². The summed E-state index contributed by atoms with van der Waals surface area (Å²) in [6.07, 6.45) is -4.90. The van der Waals surface area contributed by atoms with Gasteiger partial charge < -0.3 is 4.74 Å². The Bertz CT molecular complexity index is 1040. The van der Waals surface area contributed by atoms with Gasteiger partial charge in [0.15, 0.2) is 5.49 Å². The highest BCUT2D eigenvalue weighted by molar-refractivity contribution is 5.95. The SMILES string of the molecule is Cn1c(C(C)(C)C)cc(=NC(=O)c2cccc(C(F)(F)F)c2F)n1CC1(C)COC1. The number of hydrogen-bond donors (Lipinski definition) is 0. The van der Waals surface area contributed by atoms with Crippen molar-refractivity contribution in [2.75, 3.05) is 13.2 Å². The summed E-state index contributed by atoms with van der Waals surface area (Å²) in [7, 11) is 1.83. The fourth-order valence-electron chi connectivity index (χ4n) is 3.54. The molecule has 3 rings (SSSR count). The predicted octanol–water partition coefficient (Wildman–Crippen LogP) is 4.06. The van der Waals surface area contributed by atoms with Crippen molar-refractivity contribution in [3.05, 3.63) is 52.4 Å². The van der Waals surface area contributed by atoms with Gasteiger partial charge in [0.1, 0.15) is 5.82 Å². The van der Waals surface area contributed by atoms with Crippen molar-refractivity contribution < 1.29 is 27.1 Å². The summed E-state index contributed by atoms with van der Waals surface area (Å²) in [5.41, 5.74) is -1.48. The van der Waals surface area contributed by atoms with Gasteiger partial charge in [-0.25, -0.2) is 4.39 Å². The number of aromatic nitrogens is 2. The van der Waals surface area contributed by atoms with Crippen LogP contribution in [0.4, 0.5) is 17.6 Å². The number of halogens is 4. The Kier molecular flexibility index (Phi) is 5.47. The van der Waals surface area contributed by atoms with Gasteiger partial charge in [-0.3, -0.25) is 14.2 Å². The van der Waals surface area contributed by atoms with E-state index >= 15 is 0 Å². The molecule has 1 aliphatic heterocycles. The van der Waals surface area contributed by atoms with Crippen molar-refractivity contribution in [2.45, 2.75) is 45.8 Å². The Morgan fingerprint density at radius 2 is 1.87 bits per heavy atom. The predicted molar refractivity (Wildman–Crippen MR) is 102 cm³/mol. The second kappa shape index (κ2) is 7.37. The van der Waals surface area contributed by atoms with Gasteiger partial charge in [-0.05, 0) is 12.1 Å². The zero-order valence-electron chi connectivity index (χ0n) is 17.6. The van der Waals surface area contributed by atoms with Gasteiger partial charge in [0, 0.05) is 29.6 Å². The molecule has 0 spiro atoms. The third kappa shape index (κ3) is 4.21. The molecule has 5 nitrogen and oxygen atoms in total. The molecule has 0 aliphatic carbocycles. The van der Waals surface area contributed by atoms with Gasteiger partial charge in [0.25, 0.3) is 5.91 Å². The lowest BCUT2D eigenvalue weighted by Crippen LogP contribution is -2.46. The fraction of sp³-hybridized carbons (Fsp3) is 0.524. The summed E-state index contributed by atoms with van der Waals surface area (Å²) < 4.78 is 62.4. The van der Waals surface area contributed by atoms with Crippen LogP contribution < -0.4 is 5.49 Å². The number of nitrogens with zero attached hydrogens (tertiary/aromatic N) is 3. The van der Waals surface area contributed by atoms with Gasteiger partial charge in [-0.15, -0.1) is 0 Å². The number of amides is 1. The molecule has 9 heteroatoms. The quantitative estimate of drug-likeness (QED) is 0.694. The summed E-state index contributed by atoms with van der Waals surface area (Å²) in [6.45, 7) is 9.62. The number of rotatable bonds is 3. The first kappa shape index (κ1) is 22.3. The minimum atomic E-state index is -4.90. The summed E-state index contributed by atoms with van der Waals surface area (Å²) in [4.78, 5) is 16.7. The molecule has 1 aliphatic rings. The summed E-state index contributed by atoms with van der Waals surface area (Å²) in [5.74, 6) is -2.68. The molecule has 0 N–H and O–H groups in total. The van der Waals surface area contributed by atoms with Crippen LogP contribution in [0.15, 0.2) is 29.3 Å². The van der Waals surface area contributed by atoms with E-state index in [2.05, 4.69) is 4.99 Å². The Morgan fingerprint density at radius 3 is 2.37 bits per heavy atom. The topological polar surface area (TPSA) is 48.5 Å². The third-order valence-electron chi connectivity index (χ3n) is 5.19. The highest BCUT2D eigenvalue weighted by Gasteiger charge is 2.37. The number of carbonyl (C=O) groups is 1. The summed E-state index contributed by atoms with van der Waals surface area (Å²) in [5, 5.41) is 0. The van der Waals surface area contributed by atoms with Crippen molar-refractivity contribution in [3.8, 4) is 0 Å². The second-order valence-electron chi connectivity index (χ2n) is 9.10. The molecule has 30 heavy (non-hydrogen) atoms. The highest BCUT2D eigenvalue weighted by Crippen LogP contribution is 2.33. The summed E-state index contributed by atoms with van der Waals surface area (Å²) in [6, 6.07) is 4.33. The first-order valence-corrected chi connectivity index (χ1v) is 9.53. The lowest BCUT2D eigenvalue weighted by molar-refractivity contribution is -0.140. The molecule has 0 radical (unpaired) electrons. The van der Waals surface area contributed by atoms with Crippen LogP contribution in [0.5, 0.6) is 0 Å². The van der Waals surface area contributed by atoms with Crippen LogP contribution in [-0.2, 0) is 29.9 Å². The molecule has 1 saturated heterocycles. The van der Waals surface area contributed by atoms with E-state index in [0.29, 0.717) is 25.8 Å². The molecule has 1 aromatic heterocycles. The molecule has 1 fully saturated rings. The maximum Gasteiger partial charge on any atom is 0.419 e. The highest BCUT2D eigenvalue weighted by atomic mass is 19.4. The number of ether oxygens (including phenoxy) is 1. The molecule has 2 aromatic rings. The van der Waals surface area contributed by atoms with E-state index in [1.807, 2.05) is 39.4 Å².